The zero-order valence-corrected chi connectivity index (χ0v) is 15.2. The van der Waals surface area contributed by atoms with Crippen molar-refractivity contribution in [3.05, 3.63) is 29.8 Å². The molecule has 1 aromatic carbocycles. The van der Waals surface area contributed by atoms with Crippen LogP contribution in [0.1, 0.15) is 32.3 Å². The number of carbonyl (C=O) groups excluding carboxylic acids is 1. The van der Waals surface area contributed by atoms with Crippen molar-refractivity contribution in [2.45, 2.75) is 55.9 Å². The minimum atomic E-state index is -4.82. The first-order valence-corrected chi connectivity index (χ1v) is 9.71. The maximum atomic E-state index is 13.0. The Bertz CT molecular complexity index is 753. The van der Waals surface area contributed by atoms with Crippen LogP contribution in [0.25, 0.3) is 0 Å². The van der Waals surface area contributed by atoms with Gasteiger partial charge >= 0.3 is 6.18 Å². The molecule has 0 aromatic heterocycles. The van der Waals surface area contributed by atoms with E-state index in [9.17, 15) is 26.4 Å². The molecule has 146 valence electrons. The molecule has 0 aliphatic carbocycles. The molecule has 6 nitrogen and oxygen atoms in total. The third-order valence-corrected chi connectivity index (χ3v) is 5.78. The number of rotatable bonds is 5. The molecule has 10 heteroatoms. The Balaban J connectivity index is 2.10. The molecule has 26 heavy (non-hydrogen) atoms. The van der Waals surface area contributed by atoms with Crippen LogP contribution in [0.4, 0.5) is 13.2 Å². The van der Waals surface area contributed by atoms with Gasteiger partial charge in [0.2, 0.25) is 15.9 Å². The highest BCUT2D eigenvalue weighted by atomic mass is 32.2. The normalized spacial score (nSPS) is 22.7. The first-order chi connectivity index (χ1) is 12.0. The Morgan fingerprint density at radius 1 is 1.31 bits per heavy atom. The number of hydrogen-bond donors (Lipinski definition) is 3. The highest BCUT2D eigenvalue weighted by Gasteiger charge is 2.37. The summed E-state index contributed by atoms with van der Waals surface area (Å²) >= 11 is 0. The van der Waals surface area contributed by atoms with E-state index in [0.29, 0.717) is 18.9 Å². The van der Waals surface area contributed by atoms with Crippen molar-refractivity contribution >= 4 is 15.9 Å². The van der Waals surface area contributed by atoms with Crippen molar-refractivity contribution in [1.82, 2.24) is 15.4 Å². The Morgan fingerprint density at radius 3 is 2.58 bits per heavy atom. The van der Waals surface area contributed by atoms with Crippen LogP contribution in [0.3, 0.4) is 0 Å². The van der Waals surface area contributed by atoms with Crippen molar-refractivity contribution in [3.8, 4) is 0 Å². The van der Waals surface area contributed by atoms with E-state index in [1.807, 2.05) is 11.6 Å². The first-order valence-electron chi connectivity index (χ1n) is 8.23. The molecule has 1 saturated heterocycles. The molecule has 1 fully saturated rings. The quantitative estimate of drug-likeness (QED) is 0.710. The molecular formula is C16H22F3N3O3S. The van der Waals surface area contributed by atoms with Gasteiger partial charge in [0, 0.05) is 12.1 Å². The zero-order valence-electron chi connectivity index (χ0n) is 14.4. The number of amides is 1. The number of piperidine rings is 1. The van der Waals surface area contributed by atoms with E-state index < -0.39 is 38.6 Å². The summed E-state index contributed by atoms with van der Waals surface area (Å²) in [5.74, 6) is -0.572. The summed E-state index contributed by atoms with van der Waals surface area (Å²) in [5, 5.41) is 5.96. The highest BCUT2D eigenvalue weighted by molar-refractivity contribution is 7.89. The summed E-state index contributed by atoms with van der Waals surface area (Å²) in [7, 11) is -4.51. The second-order valence-electron chi connectivity index (χ2n) is 6.42. The van der Waals surface area contributed by atoms with Gasteiger partial charge in [-0.1, -0.05) is 12.1 Å². The van der Waals surface area contributed by atoms with Gasteiger partial charge in [-0.15, -0.1) is 0 Å². The van der Waals surface area contributed by atoms with Crippen LogP contribution < -0.4 is 15.4 Å². The second kappa shape index (κ2) is 7.93. The molecular weight excluding hydrogens is 371 g/mol. The summed E-state index contributed by atoms with van der Waals surface area (Å²) < 4.78 is 65.9. The van der Waals surface area contributed by atoms with E-state index in [0.717, 1.165) is 18.7 Å². The maximum Gasteiger partial charge on any atom is 0.417 e. The Hall–Kier alpha value is -1.65. The molecule has 0 spiro atoms. The molecule has 3 N–H and O–H groups in total. The smallest absolute Gasteiger partial charge is 0.352 e. The summed E-state index contributed by atoms with van der Waals surface area (Å²) in [6, 6.07) is 2.78. The number of hydrogen-bond acceptors (Lipinski definition) is 4. The van der Waals surface area contributed by atoms with Gasteiger partial charge in [-0.05, 0) is 45.4 Å². The van der Waals surface area contributed by atoms with Gasteiger partial charge in [0.25, 0.3) is 0 Å². The number of alkyl halides is 3. The summed E-state index contributed by atoms with van der Waals surface area (Å²) in [4.78, 5) is 11.3. The molecule has 0 bridgehead atoms. The highest BCUT2D eigenvalue weighted by Crippen LogP contribution is 2.33. The van der Waals surface area contributed by atoms with Crippen molar-refractivity contribution < 1.29 is 26.4 Å². The van der Waals surface area contributed by atoms with Crippen molar-refractivity contribution in [3.63, 3.8) is 0 Å². The fourth-order valence-corrected chi connectivity index (χ4v) is 4.30. The van der Waals surface area contributed by atoms with Crippen LogP contribution in [-0.2, 0) is 21.0 Å². The van der Waals surface area contributed by atoms with Crippen LogP contribution in [0.2, 0.25) is 0 Å². The lowest BCUT2D eigenvalue weighted by Gasteiger charge is -2.29. The maximum absolute atomic E-state index is 13.0. The van der Waals surface area contributed by atoms with Crippen LogP contribution in [-0.4, -0.2) is 39.0 Å². The number of carbonyl (C=O) groups is 1. The van der Waals surface area contributed by atoms with Crippen LogP contribution in [0.15, 0.2) is 29.2 Å². The van der Waals surface area contributed by atoms with E-state index >= 15 is 0 Å². The SMILES string of the molecule is CC1CC(NC(=O)C(C)NS(=O)(=O)c2ccccc2C(F)(F)F)CCN1. The lowest BCUT2D eigenvalue weighted by atomic mass is 10.0. The van der Waals surface area contributed by atoms with E-state index in [1.54, 1.807) is 0 Å². The number of nitrogens with one attached hydrogen (secondary N) is 3. The number of benzene rings is 1. The molecule has 3 unspecified atom stereocenters. The Morgan fingerprint density at radius 2 is 1.96 bits per heavy atom. The lowest BCUT2D eigenvalue weighted by molar-refractivity contribution is -0.139. The molecule has 3 atom stereocenters. The average Bonchev–Trinajstić information content (AvgIpc) is 2.53. The van der Waals surface area contributed by atoms with Crippen molar-refractivity contribution in [2.24, 2.45) is 0 Å². The summed E-state index contributed by atoms with van der Waals surface area (Å²) in [6.07, 6.45) is -3.42. The van der Waals surface area contributed by atoms with Crippen LogP contribution in [0, 0.1) is 0 Å². The molecule has 2 rings (SSSR count). The number of halogens is 3. The van der Waals surface area contributed by atoms with Crippen LogP contribution >= 0.6 is 0 Å². The topological polar surface area (TPSA) is 87.3 Å². The van der Waals surface area contributed by atoms with Gasteiger partial charge in [-0.2, -0.15) is 17.9 Å². The van der Waals surface area contributed by atoms with Gasteiger partial charge in [-0.25, -0.2) is 8.42 Å². The molecule has 1 aromatic rings. The van der Waals surface area contributed by atoms with Gasteiger partial charge in [-0.3, -0.25) is 4.79 Å². The summed E-state index contributed by atoms with van der Waals surface area (Å²) in [6.45, 7) is 4.00. The average molecular weight is 393 g/mol. The minimum absolute atomic E-state index is 0.104. The van der Waals surface area contributed by atoms with Gasteiger partial charge in [0.05, 0.1) is 16.5 Å². The molecule has 1 heterocycles. The van der Waals surface area contributed by atoms with Crippen LogP contribution in [0.5, 0.6) is 0 Å². The van der Waals surface area contributed by atoms with Gasteiger partial charge in [0.15, 0.2) is 0 Å². The molecule has 0 radical (unpaired) electrons. The fraction of sp³-hybridized carbons (Fsp3) is 0.562. The Labute approximate surface area is 150 Å². The largest absolute Gasteiger partial charge is 0.417 e. The van der Waals surface area contributed by atoms with E-state index in [1.165, 1.54) is 13.0 Å². The molecule has 1 amide bonds. The van der Waals surface area contributed by atoms with Gasteiger partial charge < -0.3 is 10.6 Å². The predicted octanol–water partition coefficient (Wildman–Crippen LogP) is 1.63. The number of sulfonamides is 1. The second-order valence-corrected chi connectivity index (χ2v) is 8.10. The molecule has 1 aliphatic rings. The first kappa shape index (κ1) is 20.7. The monoisotopic (exact) mass is 393 g/mol. The predicted molar refractivity (Wildman–Crippen MR) is 89.9 cm³/mol. The van der Waals surface area contributed by atoms with E-state index in [2.05, 4.69) is 10.6 Å². The zero-order chi connectivity index (χ0) is 19.5. The molecule has 0 saturated carbocycles. The van der Waals surface area contributed by atoms with E-state index in [4.69, 9.17) is 0 Å². The third-order valence-electron chi connectivity index (χ3n) is 4.18. The standard InChI is InChI=1S/C16H22F3N3O3S/c1-10-9-12(7-8-20-10)21-15(23)11(2)22-26(24,25)14-6-4-3-5-13(14)16(17,18)19/h3-6,10-12,20,22H,7-9H2,1-2H3,(H,21,23). The van der Waals surface area contributed by atoms with Crippen molar-refractivity contribution in [1.29, 1.82) is 0 Å². The minimum Gasteiger partial charge on any atom is -0.352 e. The summed E-state index contributed by atoms with van der Waals surface area (Å²) in [5.41, 5.74) is -1.27. The molecule has 1 aliphatic heterocycles. The Kier molecular flexibility index (Phi) is 6.30. The third kappa shape index (κ3) is 5.18. The van der Waals surface area contributed by atoms with E-state index in [-0.39, 0.29) is 12.1 Å². The fourth-order valence-electron chi connectivity index (χ4n) is 2.87. The van der Waals surface area contributed by atoms with Crippen molar-refractivity contribution in [2.75, 3.05) is 6.54 Å². The van der Waals surface area contributed by atoms with Gasteiger partial charge in [0.1, 0.15) is 0 Å². The lowest BCUT2D eigenvalue weighted by Crippen LogP contribution is -2.52.